The number of fused-ring (bicyclic) bond motifs is 1. The lowest BCUT2D eigenvalue weighted by Crippen LogP contribution is -2.21. The van der Waals surface area contributed by atoms with E-state index in [-0.39, 0.29) is 5.71 Å². The first-order chi connectivity index (χ1) is 10.5. The van der Waals surface area contributed by atoms with Crippen molar-refractivity contribution >= 4 is 56.2 Å². The number of anilines is 1. The second-order valence-electron chi connectivity index (χ2n) is 4.05. The predicted molar refractivity (Wildman–Crippen MR) is 86.8 cm³/mol. The minimum atomic E-state index is -0.498. The molecule has 112 valence electrons. The van der Waals surface area contributed by atoms with Gasteiger partial charge < -0.3 is 10.5 Å². The average molecular weight is 336 g/mol. The molecule has 0 radical (unpaired) electrons. The third-order valence-corrected chi connectivity index (χ3v) is 4.30. The number of thiophene rings is 1. The first-order valence-corrected chi connectivity index (χ1v) is 7.06. The number of rotatable bonds is 4. The summed E-state index contributed by atoms with van der Waals surface area (Å²) in [5.41, 5.74) is 8.17. The van der Waals surface area contributed by atoms with Gasteiger partial charge in [-0.1, -0.05) is 11.6 Å². The van der Waals surface area contributed by atoms with Gasteiger partial charge in [0.15, 0.2) is 5.84 Å². The summed E-state index contributed by atoms with van der Waals surface area (Å²) in [6.45, 7) is 0. The topological polar surface area (TPSA) is 124 Å². The number of carbonyl (C=O) groups is 1. The van der Waals surface area contributed by atoms with Crippen LogP contribution in [0.5, 0.6) is 0 Å². The molecule has 1 aromatic heterocycles. The van der Waals surface area contributed by atoms with Gasteiger partial charge in [0.2, 0.25) is 5.71 Å². The highest BCUT2D eigenvalue weighted by atomic mass is 35.5. The van der Waals surface area contributed by atoms with Gasteiger partial charge >= 0.3 is 5.97 Å². The molecule has 0 spiro atoms. The van der Waals surface area contributed by atoms with Crippen molar-refractivity contribution in [2.45, 2.75) is 0 Å². The number of esters is 1. The third kappa shape index (κ3) is 3.00. The summed E-state index contributed by atoms with van der Waals surface area (Å²) in [5.74, 6) is -0.926. The summed E-state index contributed by atoms with van der Waals surface area (Å²) in [6.07, 6.45) is 0. The van der Waals surface area contributed by atoms with Crippen LogP contribution in [0.2, 0.25) is 5.02 Å². The molecule has 22 heavy (non-hydrogen) atoms. The first-order valence-electron chi connectivity index (χ1n) is 5.86. The van der Waals surface area contributed by atoms with Crippen molar-refractivity contribution in [1.29, 1.82) is 10.7 Å². The molecule has 2 aromatic rings. The normalized spacial score (nSPS) is 11.0. The van der Waals surface area contributed by atoms with Crippen molar-refractivity contribution in [3.05, 3.63) is 28.1 Å². The fourth-order valence-electron chi connectivity index (χ4n) is 1.62. The van der Waals surface area contributed by atoms with E-state index in [1.165, 1.54) is 18.4 Å². The molecule has 0 saturated carbocycles. The molecule has 4 N–H and O–H groups in total. The summed E-state index contributed by atoms with van der Waals surface area (Å²) in [7, 11) is 1.29. The number of benzene rings is 1. The number of nitrogens with one attached hydrogen (secondary N) is 2. The molecule has 0 fully saturated rings. The van der Waals surface area contributed by atoms with Gasteiger partial charge in [0, 0.05) is 10.1 Å². The van der Waals surface area contributed by atoms with Crippen LogP contribution in [0.25, 0.3) is 10.1 Å². The number of hydrogen-bond acceptors (Lipinski definition) is 7. The van der Waals surface area contributed by atoms with Gasteiger partial charge in [-0.15, -0.1) is 11.3 Å². The zero-order chi connectivity index (χ0) is 16.3. The Labute approximate surface area is 134 Å². The SMILES string of the molecule is COC(=O)c1sc2cc(N/N=C(\C#N)C(=N)N)ccc2c1Cl. The maximum atomic E-state index is 11.6. The van der Waals surface area contributed by atoms with Gasteiger partial charge in [-0.25, -0.2) is 4.79 Å². The van der Waals surface area contributed by atoms with E-state index in [9.17, 15) is 4.79 Å². The van der Waals surface area contributed by atoms with E-state index in [1.807, 2.05) is 0 Å². The quantitative estimate of drug-likeness (QED) is 0.343. The Morgan fingerprint density at radius 1 is 1.59 bits per heavy atom. The Morgan fingerprint density at radius 3 is 2.91 bits per heavy atom. The molecule has 0 amide bonds. The lowest BCUT2D eigenvalue weighted by Gasteiger charge is -2.01. The minimum Gasteiger partial charge on any atom is -0.465 e. The average Bonchev–Trinajstić information content (AvgIpc) is 2.83. The van der Waals surface area contributed by atoms with Gasteiger partial charge in [-0.3, -0.25) is 10.8 Å². The van der Waals surface area contributed by atoms with Crippen LogP contribution in [0.3, 0.4) is 0 Å². The number of nitrogens with zero attached hydrogens (tertiary/aromatic N) is 2. The summed E-state index contributed by atoms with van der Waals surface area (Å²) in [5, 5.41) is 20.7. The molecule has 0 bridgehead atoms. The van der Waals surface area contributed by atoms with Gasteiger partial charge in [-0.05, 0) is 18.2 Å². The largest absolute Gasteiger partial charge is 0.465 e. The number of hydrogen-bond donors (Lipinski definition) is 3. The van der Waals surface area contributed by atoms with Crippen LogP contribution >= 0.6 is 22.9 Å². The van der Waals surface area contributed by atoms with Crippen LogP contribution in [-0.2, 0) is 4.74 Å². The number of carbonyl (C=O) groups excluding carboxylic acids is 1. The van der Waals surface area contributed by atoms with Crippen molar-refractivity contribution in [3.8, 4) is 6.07 Å². The van der Waals surface area contributed by atoms with Crippen LogP contribution < -0.4 is 11.2 Å². The molecule has 2 rings (SSSR count). The summed E-state index contributed by atoms with van der Waals surface area (Å²) < 4.78 is 5.43. The van der Waals surface area contributed by atoms with E-state index < -0.39 is 11.8 Å². The number of nitriles is 1. The Bertz CT molecular complexity index is 837. The molecule has 1 heterocycles. The summed E-state index contributed by atoms with van der Waals surface area (Å²) in [6, 6.07) is 6.82. The molecule has 9 heteroatoms. The van der Waals surface area contributed by atoms with Gasteiger partial charge in [0.05, 0.1) is 17.8 Å². The maximum absolute atomic E-state index is 11.6. The van der Waals surface area contributed by atoms with Crippen LogP contribution in [0.15, 0.2) is 23.3 Å². The van der Waals surface area contributed by atoms with Crippen molar-refractivity contribution in [2.24, 2.45) is 10.8 Å². The lowest BCUT2D eigenvalue weighted by atomic mass is 10.2. The fourth-order valence-corrected chi connectivity index (χ4v) is 3.09. The Hall–Kier alpha value is -2.63. The zero-order valence-corrected chi connectivity index (χ0v) is 12.9. The van der Waals surface area contributed by atoms with E-state index in [4.69, 9.17) is 28.0 Å². The van der Waals surface area contributed by atoms with Crippen molar-refractivity contribution in [3.63, 3.8) is 0 Å². The Morgan fingerprint density at radius 2 is 2.32 bits per heavy atom. The molecule has 7 nitrogen and oxygen atoms in total. The maximum Gasteiger partial charge on any atom is 0.349 e. The smallest absolute Gasteiger partial charge is 0.349 e. The molecule has 0 saturated heterocycles. The molecule has 0 unspecified atom stereocenters. The van der Waals surface area contributed by atoms with Crippen LogP contribution in [0.1, 0.15) is 9.67 Å². The molecule has 0 aliphatic heterocycles. The standard InChI is InChI=1S/C13H10ClN5O2S/c1-21-13(20)11-10(14)7-3-2-6(4-9(7)22-11)18-19-8(5-15)12(16)17/h2-4,18H,1H3,(H3,16,17)/b19-8+. The van der Waals surface area contributed by atoms with E-state index in [0.717, 1.165) is 4.70 Å². The first kappa shape index (κ1) is 15.8. The summed E-state index contributed by atoms with van der Waals surface area (Å²) >= 11 is 7.34. The monoisotopic (exact) mass is 335 g/mol. The number of hydrazone groups is 1. The fraction of sp³-hybridized carbons (Fsp3) is 0.0769. The molecule has 0 aliphatic carbocycles. The van der Waals surface area contributed by atoms with E-state index >= 15 is 0 Å². The minimum absolute atomic E-state index is 0.223. The molecular weight excluding hydrogens is 326 g/mol. The third-order valence-electron chi connectivity index (χ3n) is 2.66. The predicted octanol–water partition coefficient (Wildman–Crippen LogP) is 2.57. The second kappa shape index (κ2) is 6.43. The molecular formula is C13H10ClN5O2S. The lowest BCUT2D eigenvalue weighted by molar-refractivity contribution is 0.0606. The molecule has 0 aliphatic rings. The van der Waals surface area contributed by atoms with Gasteiger partial charge in [-0.2, -0.15) is 10.4 Å². The van der Waals surface area contributed by atoms with Crippen LogP contribution in [-0.4, -0.2) is 24.6 Å². The van der Waals surface area contributed by atoms with Gasteiger partial charge in [0.1, 0.15) is 10.9 Å². The number of amidine groups is 1. The summed E-state index contributed by atoms with van der Waals surface area (Å²) in [4.78, 5) is 11.9. The van der Waals surface area contributed by atoms with Gasteiger partial charge in [0.25, 0.3) is 0 Å². The molecule has 1 aromatic carbocycles. The zero-order valence-electron chi connectivity index (χ0n) is 11.3. The van der Waals surface area contributed by atoms with Crippen molar-refractivity contribution < 1.29 is 9.53 Å². The number of methoxy groups -OCH3 is 1. The van der Waals surface area contributed by atoms with Crippen LogP contribution in [0.4, 0.5) is 5.69 Å². The number of halogens is 1. The van der Waals surface area contributed by atoms with E-state index in [1.54, 1.807) is 24.3 Å². The van der Waals surface area contributed by atoms with E-state index in [0.29, 0.717) is 21.0 Å². The number of ether oxygens (including phenoxy) is 1. The van der Waals surface area contributed by atoms with E-state index in [2.05, 4.69) is 15.3 Å². The van der Waals surface area contributed by atoms with Crippen molar-refractivity contribution in [1.82, 2.24) is 0 Å². The highest BCUT2D eigenvalue weighted by Crippen LogP contribution is 2.37. The van der Waals surface area contributed by atoms with Crippen LogP contribution in [0, 0.1) is 16.7 Å². The second-order valence-corrected chi connectivity index (χ2v) is 5.48. The molecule has 0 atom stereocenters. The Kier molecular flexibility index (Phi) is 4.60. The number of nitrogens with two attached hydrogens (primary N) is 1. The highest BCUT2D eigenvalue weighted by Gasteiger charge is 2.17. The Balaban J connectivity index is 2.38. The van der Waals surface area contributed by atoms with Crippen molar-refractivity contribution in [2.75, 3.05) is 12.5 Å². The highest BCUT2D eigenvalue weighted by molar-refractivity contribution is 7.21.